The van der Waals surface area contributed by atoms with Crippen molar-refractivity contribution in [2.24, 2.45) is 0 Å². The molecule has 31 heavy (non-hydrogen) atoms. The van der Waals surface area contributed by atoms with Gasteiger partial charge < -0.3 is 9.88 Å². The van der Waals surface area contributed by atoms with Crippen molar-refractivity contribution in [3.63, 3.8) is 0 Å². The SMILES string of the molecule is Cc1ccc(C(=O)NCc2nc3ccccc3n2Cc2c(C)c(C)cc(C)c2C)cc1. The Hall–Kier alpha value is -3.40. The van der Waals surface area contributed by atoms with Gasteiger partial charge in [0, 0.05) is 12.1 Å². The maximum absolute atomic E-state index is 12.7. The first-order valence-corrected chi connectivity index (χ1v) is 10.7. The molecule has 0 aliphatic rings. The van der Waals surface area contributed by atoms with Gasteiger partial charge in [-0.2, -0.15) is 0 Å². The Morgan fingerprint density at radius 2 is 1.55 bits per heavy atom. The number of nitrogens with zero attached hydrogens (tertiary/aromatic N) is 2. The van der Waals surface area contributed by atoms with E-state index >= 15 is 0 Å². The summed E-state index contributed by atoms with van der Waals surface area (Å²) in [6.45, 7) is 11.8. The summed E-state index contributed by atoms with van der Waals surface area (Å²) in [5, 5.41) is 3.05. The molecule has 0 spiro atoms. The molecule has 1 amide bonds. The summed E-state index contributed by atoms with van der Waals surface area (Å²) in [4.78, 5) is 17.5. The van der Waals surface area contributed by atoms with Crippen LogP contribution in [-0.2, 0) is 13.1 Å². The number of aryl methyl sites for hydroxylation is 3. The summed E-state index contributed by atoms with van der Waals surface area (Å²) in [5.41, 5.74) is 10.4. The molecule has 4 rings (SSSR count). The van der Waals surface area contributed by atoms with E-state index in [9.17, 15) is 4.79 Å². The van der Waals surface area contributed by atoms with Crippen LogP contribution in [0.1, 0.15) is 49.6 Å². The molecular weight excluding hydrogens is 382 g/mol. The highest BCUT2D eigenvalue weighted by Crippen LogP contribution is 2.25. The van der Waals surface area contributed by atoms with Crippen LogP contribution in [0.3, 0.4) is 0 Å². The summed E-state index contributed by atoms with van der Waals surface area (Å²) in [5.74, 6) is 0.775. The molecule has 1 aromatic heterocycles. The average molecular weight is 412 g/mol. The van der Waals surface area contributed by atoms with Gasteiger partial charge in [0.05, 0.1) is 17.6 Å². The smallest absolute Gasteiger partial charge is 0.251 e. The highest BCUT2D eigenvalue weighted by Gasteiger charge is 2.16. The maximum atomic E-state index is 12.7. The number of para-hydroxylation sites is 2. The lowest BCUT2D eigenvalue weighted by molar-refractivity contribution is 0.0949. The largest absolute Gasteiger partial charge is 0.345 e. The molecular formula is C27H29N3O. The van der Waals surface area contributed by atoms with Crippen molar-refractivity contribution in [1.29, 1.82) is 0 Å². The minimum atomic E-state index is -0.0858. The molecule has 4 aromatic rings. The van der Waals surface area contributed by atoms with Gasteiger partial charge in [0.1, 0.15) is 5.82 Å². The summed E-state index contributed by atoms with van der Waals surface area (Å²) in [6.07, 6.45) is 0. The van der Waals surface area contributed by atoms with E-state index in [0.29, 0.717) is 12.1 Å². The van der Waals surface area contributed by atoms with Gasteiger partial charge in [0.15, 0.2) is 0 Å². The quantitative estimate of drug-likeness (QED) is 0.468. The van der Waals surface area contributed by atoms with E-state index in [2.05, 4.69) is 49.7 Å². The van der Waals surface area contributed by atoms with E-state index in [1.165, 1.54) is 27.8 Å². The van der Waals surface area contributed by atoms with Gasteiger partial charge >= 0.3 is 0 Å². The Kier molecular flexibility index (Phi) is 5.64. The third-order valence-electron chi connectivity index (χ3n) is 6.29. The zero-order valence-corrected chi connectivity index (χ0v) is 18.9. The lowest BCUT2D eigenvalue weighted by Gasteiger charge is -2.18. The fraction of sp³-hybridized carbons (Fsp3) is 0.259. The number of carbonyl (C=O) groups is 1. The Morgan fingerprint density at radius 1 is 0.903 bits per heavy atom. The molecule has 158 valence electrons. The van der Waals surface area contributed by atoms with Crippen molar-refractivity contribution < 1.29 is 4.79 Å². The Bertz CT molecular complexity index is 1240. The molecule has 0 saturated carbocycles. The van der Waals surface area contributed by atoms with Gasteiger partial charge in [-0.15, -0.1) is 0 Å². The van der Waals surface area contributed by atoms with E-state index in [0.717, 1.165) is 29.0 Å². The first-order chi connectivity index (χ1) is 14.8. The molecule has 0 radical (unpaired) electrons. The minimum Gasteiger partial charge on any atom is -0.345 e. The van der Waals surface area contributed by atoms with Crippen LogP contribution in [0.2, 0.25) is 0 Å². The topological polar surface area (TPSA) is 46.9 Å². The van der Waals surface area contributed by atoms with Gasteiger partial charge in [0.2, 0.25) is 0 Å². The maximum Gasteiger partial charge on any atom is 0.251 e. The second-order valence-electron chi connectivity index (χ2n) is 8.39. The first kappa shape index (κ1) is 20.9. The molecule has 4 nitrogen and oxygen atoms in total. The number of hydrogen-bond donors (Lipinski definition) is 1. The van der Waals surface area contributed by atoms with Crippen LogP contribution in [-0.4, -0.2) is 15.5 Å². The minimum absolute atomic E-state index is 0.0858. The van der Waals surface area contributed by atoms with Gasteiger partial charge in [-0.3, -0.25) is 4.79 Å². The van der Waals surface area contributed by atoms with Crippen molar-refractivity contribution in [3.05, 3.63) is 99.4 Å². The zero-order chi connectivity index (χ0) is 22.1. The van der Waals surface area contributed by atoms with Crippen molar-refractivity contribution in [2.45, 2.75) is 47.7 Å². The molecule has 1 N–H and O–H groups in total. The number of aromatic nitrogens is 2. The Balaban J connectivity index is 1.69. The predicted molar refractivity (Wildman–Crippen MR) is 127 cm³/mol. The van der Waals surface area contributed by atoms with Crippen LogP contribution in [0.5, 0.6) is 0 Å². The van der Waals surface area contributed by atoms with Crippen molar-refractivity contribution in [1.82, 2.24) is 14.9 Å². The van der Waals surface area contributed by atoms with Crippen molar-refractivity contribution in [2.75, 3.05) is 0 Å². The molecule has 0 bridgehead atoms. The van der Waals surface area contributed by atoms with Crippen LogP contribution < -0.4 is 5.32 Å². The number of benzene rings is 3. The highest BCUT2D eigenvalue weighted by atomic mass is 16.1. The molecule has 3 aromatic carbocycles. The first-order valence-electron chi connectivity index (χ1n) is 10.7. The number of nitrogens with one attached hydrogen (secondary N) is 1. The van der Waals surface area contributed by atoms with Crippen molar-refractivity contribution >= 4 is 16.9 Å². The number of rotatable bonds is 5. The monoisotopic (exact) mass is 411 g/mol. The molecule has 0 saturated heterocycles. The van der Waals surface area contributed by atoms with Gasteiger partial charge in [-0.1, -0.05) is 35.9 Å². The van der Waals surface area contributed by atoms with E-state index in [1.807, 2.05) is 49.4 Å². The van der Waals surface area contributed by atoms with E-state index in [1.54, 1.807) is 0 Å². The number of amides is 1. The molecule has 0 atom stereocenters. The molecule has 0 aliphatic carbocycles. The van der Waals surface area contributed by atoms with Crippen LogP contribution in [0, 0.1) is 34.6 Å². The zero-order valence-electron chi connectivity index (χ0n) is 18.9. The molecule has 0 fully saturated rings. The van der Waals surface area contributed by atoms with Crippen LogP contribution >= 0.6 is 0 Å². The number of fused-ring (bicyclic) bond motifs is 1. The second-order valence-corrected chi connectivity index (χ2v) is 8.39. The summed E-state index contributed by atoms with van der Waals surface area (Å²) >= 11 is 0. The third-order valence-corrected chi connectivity index (χ3v) is 6.29. The predicted octanol–water partition coefficient (Wildman–Crippen LogP) is 5.56. The van der Waals surface area contributed by atoms with Gasteiger partial charge in [0.25, 0.3) is 5.91 Å². The van der Waals surface area contributed by atoms with E-state index in [-0.39, 0.29) is 5.91 Å². The number of hydrogen-bond acceptors (Lipinski definition) is 2. The fourth-order valence-corrected chi connectivity index (χ4v) is 4.10. The van der Waals surface area contributed by atoms with Crippen LogP contribution in [0.4, 0.5) is 0 Å². The lowest BCUT2D eigenvalue weighted by Crippen LogP contribution is -2.25. The number of carbonyl (C=O) groups excluding carboxylic acids is 1. The van der Waals surface area contributed by atoms with E-state index in [4.69, 9.17) is 4.98 Å². The third kappa shape index (κ3) is 4.11. The van der Waals surface area contributed by atoms with Crippen molar-refractivity contribution in [3.8, 4) is 0 Å². The van der Waals surface area contributed by atoms with Gasteiger partial charge in [-0.25, -0.2) is 4.98 Å². The highest BCUT2D eigenvalue weighted by molar-refractivity contribution is 5.94. The second kappa shape index (κ2) is 8.38. The molecule has 0 unspecified atom stereocenters. The molecule has 4 heteroatoms. The number of imidazole rings is 1. The fourth-order valence-electron chi connectivity index (χ4n) is 4.10. The Labute approximate surface area is 183 Å². The molecule has 0 aliphatic heterocycles. The Morgan fingerprint density at radius 3 is 2.23 bits per heavy atom. The standard InChI is InChI=1S/C27H29N3O/c1-17-10-12-22(13-11-17)27(31)28-15-26-29-24-8-6-7-9-25(24)30(26)16-23-20(4)18(2)14-19(3)21(23)5/h6-14H,15-16H2,1-5H3,(H,28,31). The van der Waals surface area contributed by atoms with Gasteiger partial charge in [-0.05, 0) is 86.7 Å². The van der Waals surface area contributed by atoms with E-state index < -0.39 is 0 Å². The van der Waals surface area contributed by atoms with Crippen LogP contribution in [0.25, 0.3) is 11.0 Å². The summed E-state index contributed by atoms with van der Waals surface area (Å²) in [7, 11) is 0. The average Bonchev–Trinajstić information content (AvgIpc) is 3.11. The normalized spacial score (nSPS) is 11.1. The summed E-state index contributed by atoms with van der Waals surface area (Å²) in [6, 6.07) is 18.0. The van der Waals surface area contributed by atoms with Crippen LogP contribution in [0.15, 0.2) is 54.6 Å². The lowest BCUT2D eigenvalue weighted by atomic mass is 9.94. The summed E-state index contributed by atoms with van der Waals surface area (Å²) < 4.78 is 2.24. The molecule has 1 heterocycles.